The van der Waals surface area contributed by atoms with Gasteiger partial charge >= 0.3 is 5.97 Å². The van der Waals surface area contributed by atoms with Crippen LogP contribution in [0.5, 0.6) is 0 Å². The number of unbranched alkanes of at least 4 members (excludes halogenated alkanes) is 1. The van der Waals surface area contributed by atoms with Crippen LogP contribution in [0.1, 0.15) is 35.9 Å². The molecule has 2 aromatic rings. The third kappa shape index (κ3) is 3.21. The Morgan fingerprint density at radius 1 is 1.29 bits per heavy atom. The minimum absolute atomic E-state index is 0.0418. The minimum atomic E-state index is -1.03. The fourth-order valence-corrected chi connectivity index (χ4v) is 2.14. The molecule has 112 valence electrons. The first-order valence-electron chi connectivity index (χ1n) is 7.00. The molecular formula is C15H20N4O2. The van der Waals surface area contributed by atoms with Gasteiger partial charge in [-0.1, -0.05) is 18.6 Å². The summed E-state index contributed by atoms with van der Waals surface area (Å²) in [5, 5.41) is 17.0. The van der Waals surface area contributed by atoms with Gasteiger partial charge in [0.25, 0.3) is 0 Å². The van der Waals surface area contributed by atoms with Crippen molar-refractivity contribution in [3.05, 3.63) is 35.7 Å². The van der Waals surface area contributed by atoms with E-state index in [-0.39, 0.29) is 5.69 Å². The van der Waals surface area contributed by atoms with Crippen molar-refractivity contribution >= 4 is 11.7 Å². The molecule has 0 bridgehead atoms. The lowest BCUT2D eigenvalue weighted by Crippen LogP contribution is -2.09. The molecule has 2 rings (SSSR count). The molecule has 0 aliphatic rings. The monoisotopic (exact) mass is 288 g/mol. The number of hydrogen-bond donors (Lipinski definition) is 1. The molecule has 0 saturated heterocycles. The van der Waals surface area contributed by atoms with E-state index >= 15 is 0 Å². The lowest BCUT2D eigenvalue weighted by molar-refractivity contribution is 0.0689. The molecule has 21 heavy (non-hydrogen) atoms. The Balaban J connectivity index is 2.40. The van der Waals surface area contributed by atoms with E-state index in [9.17, 15) is 9.90 Å². The van der Waals surface area contributed by atoms with E-state index in [4.69, 9.17) is 0 Å². The topological polar surface area (TPSA) is 71.2 Å². The second-order valence-corrected chi connectivity index (χ2v) is 5.12. The zero-order valence-electron chi connectivity index (χ0n) is 12.6. The van der Waals surface area contributed by atoms with Crippen LogP contribution in [0.2, 0.25) is 0 Å². The van der Waals surface area contributed by atoms with Crippen molar-refractivity contribution in [1.82, 2.24) is 15.0 Å². The molecule has 0 amide bonds. The van der Waals surface area contributed by atoms with Crippen molar-refractivity contribution in [2.75, 3.05) is 19.0 Å². The predicted molar refractivity (Wildman–Crippen MR) is 81.3 cm³/mol. The Bertz CT molecular complexity index is 617. The van der Waals surface area contributed by atoms with Crippen LogP contribution in [0.15, 0.2) is 24.3 Å². The average Bonchev–Trinajstić information content (AvgIpc) is 2.89. The molecule has 0 aliphatic carbocycles. The van der Waals surface area contributed by atoms with Crippen LogP contribution >= 0.6 is 0 Å². The summed E-state index contributed by atoms with van der Waals surface area (Å²) < 4.78 is 1.62. The number of hydrogen-bond acceptors (Lipinski definition) is 4. The maximum Gasteiger partial charge on any atom is 0.358 e. The predicted octanol–water partition coefficient (Wildman–Crippen LogP) is 2.37. The maximum atomic E-state index is 11.3. The molecule has 0 fully saturated rings. The number of carbonyl (C=O) groups is 1. The molecule has 1 aromatic heterocycles. The van der Waals surface area contributed by atoms with E-state index in [0.717, 1.165) is 24.2 Å². The van der Waals surface area contributed by atoms with Gasteiger partial charge in [0.1, 0.15) is 0 Å². The van der Waals surface area contributed by atoms with Crippen LogP contribution in [-0.4, -0.2) is 40.2 Å². The number of aromatic carboxylic acids is 1. The highest BCUT2D eigenvalue weighted by atomic mass is 16.4. The SMILES string of the molecule is CCCCc1c(C(=O)O)nnn1-c1ccc(N(C)C)cc1. The number of rotatable bonds is 6. The van der Waals surface area contributed by atoms with Crippen molar-refractivity contribution in [2.45, 2.75) is 26.2 Å². The van der Waals surface area contributed by atoms with Crippen LogP contribution in [0.4, 0.5) is 5.69 Å². The first kappa shape index (κ1) is 15.0. The second-order valence-electron chi connectivity index (χ2n) is 5.12. The number of anilines is 1. The van der Waals surface area contributed by atoms with Gasteiger partial charge in [0.15, 0.2) is 5.69 Å². The molecule has 0 unspecified atom stereocenters. The van der Waals surface area contributed by atoms with Crippen molar-refractivity contribution in [3.63, 3.8) is 0 Å². The first-order chi connectivity index (χ1) is 10.0. The van der Waals surface area contributed by atoms with Crippen LogP contribution in [0.25, 0.3) is 5.69 Å². The number of nitrogens with zero attached hydrogens (tertiary/aromatic N) is 4. The van der Waals surface area contributed by atoms with Gasteiger partial charge in [0.2, 0.25) is 0 Å². The number of aromatic nitrogens is 3. The summed E-state index contributed by atoms with van der Waals surface area (Å²) in [4.78, 5) is 13.3. The third-order valence-corrected chi connectivity index (χ3v) is 3.34. The molecule has 1 heterocycles. The van der Waals surface area contributed by atoms with Gasteiger partial charge in [-0.25, -0.2) is 9.48 Å². The molecule has 1 aromatic carbocycles. The van der Waals surface area contributed by atoms with Crippen LogP contribution in [0, 0.1) is 0 Å². The van der Waals surface area contributed by atoms with Crippen LogP contribution < -0.4 is 4.90 Å². The number of carboxylic acid groups (broad SMARTS) is 1. The van der Waals surface area contributed by atoms with Crippen molar-refractivity contribution in [2.24, 2.45) is 0 Å². The molecular weight excluding hydrogens is 268 g/mol. The summed E-state index contributed by atoms with van der Waals surface area (Å²) in [6.45, 7) is 2.07. The van der Waals surface area contributed by atoms with Crippen molar-refractivity contribution in [3.8, 4) is 5.69 Å². The molecule has 0 saturated carbocycles. The molecule has 0 radical (unpaired) electrons. The minimum Gasteiger partial charge on any atom is -0.476 e. The fourth-order valence-electron chi connectivity index (χ4n) is 2.14. The zero-order chi connectivity index (χ0) is 15.4. The van der Waals surface area contributed by atoms with Crippen LogP contribution in [-0.2, 0) is 6.42 Å². The van der Waals surface area contributed by atoms with E-state index < -0.39 is 5.97 Å². The third-order valence-electron chi connectivity index (χ3n) is 3.34. The van der Waals surface area contributed by atoms with Gasteiger partial charge < -0.3 is 10.0 Å². The van der Waals surface area contributed by atoms with E-state index in [0.29, 0.717) is 12.1 Å². The Morgan fingerprint density at radius 3 is 2.48 bits per heavy atom. The molecule has 6 heteroatoms. The Hall–Kier alpha value is -2.37. The largest absolute Gasteiger partial charge is 0.476 e. The highest BCUT2D eigenvalue weighted by Crippen LogP contribution is 2.19. The Kier molecular flexibility index (Phi) is 4.57. The van der Waals surface area contributed by atoms with Crippen molar-refractivity contribution < 1.29 is 9.90 Å². The summed E-state index contributed by atoms with van der Waals surface area (Å²) in [6.07, 6.45) is 2.55. The average molecular weight is 288 g/mol. The molecule has 6 nitrogen and oxygen atoms in total. The molecule has 0 aliphatic heterocycles. The van der Waals surface area contributed by atoms with Crippen molar-refractivity contribution in [1.29, 1.82) is 0 Å². The van der Waals surface area contributed by atoms with Gasteiger partial charge in [0.05, 0.1) is 11.4 Å². The molecule has 0 spiro atoms. The smallest absolute Gasteiger partial charge is 0.358 e. The van der Waals surface area contributed by atoms with Gasteiger partial charge in [0, 0.05) is 19.8 Å². The van der Waals surface area contributed by atoms with E-state index in [1.807, 2.05) is 43.3 Å². The Labute approximate surface area is 124 Å². The number of benzene rings is 1. The zero-order valence-corrected chi connectivity index (χ0v) is 12.6. The summed E-state index contributed by atoms with van der Waals surface area (Å²) in [6, 6.07) is 7.79. The van der Waals surface area contributed by atoms with Gasteiger partial charge in [-0.3, -0.25) is 0 Å². The van der Waals surface area contributed by atoms with Gasteiger partial charge in [-0.15, -0.1) is 5.10 Å². The fraction of sp³-hybridized carbons (Fsp3) is 0.400. The number of carboxylic acids is 1. The standard InChI is InChI=1S/C15H20N4O2/c1-4-5-6-13-14(15(20)21)16-17-19(13)12-9-7-11(8-10-12)18(2)3/h7-10H,4-6H2,1-3H3,(H,20,21). The van der Waals surface area contributed by atoms with Crippen LogP contribution in [0.3, 0.4) is 0 Å². The summed E-state index contributed by atoms with van der Waals surface area (Å²) >= 11 is 0. The van der Waals surface area contributed by atoms with E-state index in [1.54, 1.807) is 4.68 Å². The lowest BCUT2D eigenvalue weighted by atomic mass is 10.1. The molecule has 0 atom stereocenters. The highest BCUT2D eigenvalue weighted by Gasteiger charge is 2.19. The second kappa shape index (κ2) is 6.39. The summed E-state index contributed by atoms with van der Waals surface area (Å²) in [5.74, 6) is -1.03. The maximum absolute atomic E-state index is 11.3. The van der Waals surface area contributed by atoms with Gasteiger partial charge in [-0.05, 0) is 37.1 Å². The van der Waals surface area contributed by atoms with E-state index in [1.165, 1.54) is 0 Å². The lowest BCUT2D eigenvalue weighted by Gasteiger charge is -2.13. The summed E-state index contributed by atoms with van der Waals surface area (Å²) in [5.41, 5.74) is 2.60. The van der Waals surface area contributed by atoms with E-state index in [2.05, 4.69) is 17.2 Å². The Morgan fingerprint density at radius 2 is 1.95 bits per heavy atom. The summed E-state index contributed by atoms with van der Waals surface area (Å²) in [7, 11) is 3.94. The first-order valence-corrected chi connectivity index (χ1v) is 7.00. The highest BCUT2D eigenvalue weighted by molar-refractivity contribution is 5.86. The quantitative estimate of drug-likeness (QED) is 0.883. The van der Waals surface area contributed by atoms with Gasteiger partial charge in [-0.2, -0.15) is 0 Å². The molecule has 1 N–H and O–H groups in total. The normalized spacial score (nSPS) is 10.6.